The van der Waals surface area contributed by atoms with E-state index >= 15 is 0 Å². The molecule has 0 aliphatic carbocycles. The van der Waals surface area contributed by atoms with Crippen LogP contribution in [0.1, 0.15) is 125 Å². The fraction of sp³-hybridized carbons (Fsp3) is 1.00. The van der Waals surface area contributed by atoms with Crippen molar-refractivity contribution >= 4 is 28.9 Å². The van der Waals surface area contributed by atoms with Crippen LogP contribution >= 0.6 is 17.1 Å². The third kappa shape index (κ3) is 21.9. The van der Waals surface area contributed by atoms with E-state index in [-0.39, 0.29) is 0 Å². The van der Waals surface area contributed by atoms with Crippen LogP contribution in [0.2, 0.25) is 0 Å². The Morgan fingerprint density at radius 1 is 0.655 bits per heavy atom. The van der Waals surface area contributed by atoms with E-state index in [0.717, 1.165) is 43.6 Å². The molecule has 0 aliphatic heterocycles. The van der Waals surface area contributed by atoms with Crippen molar-refractivity contribution in [2.75, 3.05) is 19.0 Å². The number of hydrogen-bond acceptors (Lipinski definition) is 4. The topological polar surface area (TPSA) is 18.5 Å². The van der Waals surface area contributed by atoms with Crippen molar-refractivity contribution in [1.82, 2.24) is 0 Å². The lowest BCUT2D eigenvalue weighted by Crippen LogP contribution is -1.99. The number of unbranched alkanes of at least 4 members (excludes halogenated alkanes) is 9. The second kappa shape index (κ2) is 20.8. The summed E-state index contributed by atoms with van der Waals surface area (Å²) < 4.78 is 12.4. The zero-order valence-corrected chi connectivity index (χ0v) is 22.8. The number of hydrogen-bond donors (Lipinski definition) is 0. The normalized spacial score (nSPS) is 12.4. The highest BCUT2D eigenvalue weighted by atomic mass is 32.9. The van der Waals surface area contributed by atoms with Crippen LogP contribution in [-0.4, -0.2) is 19.0 Å². The van der Waals surface area contributed by atoms with Gasteiger partial charge in [0, 0.05) is 5.75 Å². The predicted molar refractivity (Wildman–Crippen MR) is 139 cm³/mol. The van der Waals surface area contributed by atoms with Crippen molar-refractivity contribution in [3.05, 3.63) is 0 Å². The zero-order chi connectivity index (χ0) is 21.8. The van der Waals surface area contributed by atoms with Crippen LogP contribution in [0.3, 0.4) is 0 Å². The second-order valence-corrected chi connectivity index (χ2v) is 15.6. The minimum absolute atomic E-state index is 0.770. The monoisotopic (exact) mass is 466 g/mol. The van der Waals surface area contributed by atoms with Crippen molar-refractivity contribution in [1.29, 1.82) is 0 Å². The summed E-state index contributed by atoms with van der Waals surface area (Å²) >= 11 is 7.70. The Hall–Kier alpha value is 0.920. The summed E-state index contributed by atoms with van der Waals surface area (Å²) in [6, 6.07) is 0. The summed E-state index contributed by atoms with van der Waals surface area (Å²) in [6.07, 6.45) is 17.9. The summed E-state index contributed by atoms with van der Waals surface area (Å²) in [5.74, 6) is 2.69. The molecule has 0 saturated heterocycles. The SMILES string of the molecule is CCCCCCCCSP(=S)(OCCCCCC(C)C)OCCCCCC(C)C. The molecule has 0 aromatic rings. The van der Waals surface area contributed by atoms with Crippen LogP contribution in [0, 0.1) is 11.8 Å². The maximum Gasteiger partial charge on any atom is 0.247 e. The van der Waals surface area contributed by atoms with Gasteiger partial charge in [-0.1, -0.05) is 117 Å². The molecule has 0 rings (SSSR count). The van der Waals surface area contributed by atoms with Gasteiger partial charge in [-0.05, 0) is 42.9 Å². The van der Waals surface area contributed by atoms with E-state index in [1.54, 1.807) is 11.4 Å². The molecule has 0 radical (unpaired) electrons. The van der Waals surface area contributed by atoms with E-state index in [2.05, 4.69) is 34.6 Å². The lowest BCUT2D eigenvalue weighted by atomic mass is 10.1. The van der Waals surface area contributed by atoms with Crippen molar-refractivity contribution < 1.29 is 9.05 Å². The van der Waals surface area contributed by atoms with Crippen molar-refractivity contribution in [2.45, 2.75) is 125 Å². The summed E-state index contributed by atoms with van der Waals surface area (Å²) in [5.41, 5.74) is -2.17. The van der Waals surface area contributed by atoms with Gasteiger partial charge in [-0.25, -0.2) is 0 Å². The molecule has 0 aliphatic rings. The molecule has 0 spiro atoms. The first kappa shape index (κ1) is 29.9. The smallest absolute Gasteiger partial charge is 0.247 e. The Balaban J connectivity index is 4.11. The van der Waals surface area contributed by atoms with Gasteiger partial charge in [0.25, 0.3) is 0 Å². The molecule has 29 heavy (non-hydrogen) atoms. The fourth-order valence-corrected chi connectivity index (χ4v) is 7.74. The molecule has 0 bridgehead atoms. The Bertz CT molecular complexity index is 365. The Morgan fingerprint density at radius 2 is 1.10 bits per heavy atom. The Kier molecular flexibility index (Phi) is 21.5. The molecule has 2 nitrogen and oxygen atoms in total. The molecule has 176 valence electrons. The third-order valence-electron chi connectivity index (χ3n) is 5.10. The molecule has 0 unspecified atom stereocenters. The largest absolute Gasteiger partial charge is 0.322 e. The first-order valence-corrected chi connectivity index (χ1v) is 16.7. The van der Waals surface area contributed by atoms with E-state index < -0.39 is 5.69 Å². The minimum Gasteiger partial charge on any atom is -0.322 e. The Labute approximate surface area is 193 Å². The van der Waals surface area contributed by atoms with Crippen molar-refractivity contribution in [3.8, 4) is 0 Å². The van der Waals surface area contributed by atoms with Crippen LogP contribution < -0.4 is 0 Å². The van der Waals surface area contributed by atoms with E-state index in [1.807, 2.05) is 0 Å². The zero-order valence-electron chi connectivity index (χ0n) is 20.3. The highest BCUT2D eigenvalue weighted by Gasteiger charge is 2.19. The third-order valence-corrected chi connectivity index (χ3v) is 10.6. The molecule has 5 heteroatoms. The molecule has 0 aromatic carbocycles. The van der Waals surface area contributed by atoms with Gasteiger partial charge in [0.05, 0.1) is 13.2 Å². The van der Waals surface area contributed by atoms with Crippen LogP contribution in [0.5, 0.6) is 0 Å². The molecule has 0 fully saturated rings. The van der Waals surface area contributed by atoms with Crippen molar-refractivity contribution in [3.63, 3.8) is 0 Å². The van der Waals surface area contributed by atoms with Gasteiger partial charge >= 0.3 is 0 Å². The highest BCUT2D eigenvalue weighted by Crippen LogP contribution is 2.61. The van der Waals surface area contributed by atoms with Gasteiger partial charge in [-0.2, -0.15) is 0 Å². The first-order chi connectivity index (χ1) is 13.9. The summed E-state index contributed by atoms with van der Waals surface area (Å²) in [7, 11) is 0. The molecular formula is C24H51O2PS2. The average molecular weight is 467 g/mol. The van der Waals surface area contributed by atoms with E-state index in [0.29, 0.717) is 0 Å². The second-order valence-electron chi connectivity index (χ2n) is 9.20. The van der Waals surface area contributed by atoms with Crippen LogP contribution in [0.15, 0.2) is 0 Å². The van der Waals surface area contributed by atoms with Gasteiger partial charge < -0.3 is 9.05 Å². The summed E-state index contributed by atoms with van der Waals surface area (Å²) in [4.78, 5) is 0. The van der Waals surface area contributed by atoms with Crippen LogP contribution in [0.4, 0.5) is 0 Å². The Morgan fingerprint density at radius 3 is 1.59 bits per heavy atom. The maximum atomic E-state index is 6.19. The van der Waals surface area contributed by atoms with Gasteiger partial charge in [-0.3, -0.25) is 0 Å². The summed E-state index contributed by atoms with van der Waals surface area (Å²) in [5, 5.41) is 0. The first-order valence-electron chi connectivity index (χ1n) is 12.4. The van der Waals surface area contributed by atoms with Gasteiger partial charge in [0.1, 0.15) is 0 Å². The van der Waals surface area contributed by atoms with Gasteiger partial charge in [0.2, 0.25) is 5.69 Å². The average Bonchev–Trinajstić information content (AvgIpc) is 2.66. The number of rotatable bonds is 22. The predicted octanol–water partition coefficient (Wildman–Crippen LogP) is 9.77. The fourth-order valence-electron chi connectivity index (χ4n) is 3.19. The van der Waals surface area contributed by atoms with Gasteiger partial charge in [-0.15, -0.1) is 0 Å². The molecule has 0 amide bonds. The van der Waals surface area contributed by atoms with E-state index in [1.165, 1.54) is 77.0 Å². The van der Waals surface area contributed by atoms with Crippen molar-refractivity contribution in [2.24, 2.45) is 11.8 Å². The van der Waals surface area contributed by atoms with Crippen LogP contribution in [0.25, 0.3) is 0 Å². The lowest BCUT2D eigenvalue weighted by Gasteiger charge is -2.22. The molecule has 0 atom stereocenters. The standard InChI is InChI=1S/C24H51O2PS2/c1-6-7-8-9-10-17-22-29-27(28,25-20-15-11-13-18-23(2)3)26-21-16-12-14-19-24(4)5/h23-24H,6-22H2,1-5H3. The summed E-state index contributed by atoms with van der Waals surface area (Å²) in [6.45, 7) is 13.0. The molecule has 0 N–H and O–H groups in total. The van der Waals surface area contributed by atoms with Gasteiger partial charge in [0.15, 0.2) is 0 Å². The van der Waals surface area contributed by atoms with Crippen LogP contribution in [-0.2, 0) is 20.9 Å². The molecule has 0 saturated carbocycles. The molecular weight excluding hydrogens is 415 g/mol. The highest BCUT2D eigenvalue weighted by molar-refractivity contribution is 8.67. The quantitative estimate of drug-likeness (QED) is 0.117. The maximum absolute atomic E-state index is 6.19. The van der Waals surface area contributed by atoms with E-state index in [4.69, 9.17) is 20.9 Å². The lowest BCUT2D eigenvalue weighted by molar-refractivity contribution is 0.248. The molecule has 0 aromatic heterocycles. The minimum atomic E-state index is -2.17. The van der Waals surface area contributed by atoms with E-state index in [9.17, 15) is 0 Å². The molecule has 0 heterocycles.